The van der Waals surface area contributed by atoms with Crippen molar-refractivity contribution in [3.05, 3.63) is 17.5 Å². The van der Waals surface area contributed by atoms with Gasteiger partial charge in [0.15, 0.2) is 5.96 Å². The van der Waals surface area contributed by atoms with E-state index in [1.165, 1.54) is 4.90 Å². The van der Waals surface area contributed by atoms with Gasteiger partial charge in [-0.3, -0.25) is 19.4 Å². The molecule has 0 saturated carbocycles. The fourth-order valence-electron chi connectivity index (χ4n) is 2.84. The molecule has 1 aliphatic heterocycles. The van der Waals surface area contributed by atoms with Crippen molar-refractivity contribution in [2.45, 2.75) is 26.3 Å². The number of carbonyl (C=O) groups is 2. The van der Waals surface area contributed by atoms with E-state index in [1.807, 2.05) is 29.9 Å². The molecule has 0 radical (unpaired) electrons. The highest BCUT2D eigenvalue weighted by Crippen LogP contribution is 2.18. The van der Waals surface area contributed by atoms with Gasteiger partial charge < -0.3 is 15.5 Å². The number of aryl methyl sites for hydroxylation is 1. The first kappa shape index (κ1) is 18.8. The van der Waals surface area contributed by atoms with Crippen molar-refractivity contribution >= 4 is 17.9 Å². The second-order valence-corrected chi connectivity index (χ2v) is 6.40. The third kappa shape index (κ3) is 4.49. The molecule has 138 valence electrons. The highest BCUT2D eigenvalue weighted by molar-refractivity contribution is 6.01. The molecule has 1 aliphatic rings. The summed E-state index contributed by atoms with van der Waals surface area (Å²) in [5.41, 5.74) is 2.22. The van der Waals surface area contributed by atoms with Crippen molar-refractivity contribution < 1.29 is 9.59 Å². The summed E-state index contributed by atoms with van der Waals surface area (Å²) in [5, 5.41) is 10.2. The number of rotatable bonds is 6. The predicted octanol–water partition coefficient (Wildman–Crippen LogP) is 0.103. The van der Waals surface area contributed by atoms with Crippen LogP contribution in [0.2, 0.25) is 0 Å². The SMILES string of the molecule is CN=C(NCCN1C(=O)CNC1=O)N(C)Cc1cn(C)nc1C(C)C. The minimum absolute atomic E-state index is 0.0758. The Hall–Kier alpha value is -2.58. The lowest BCUT2D eigenvalue weighted by Gasteiger charge is -2.23. The first-order valence-electron chi connectivity index (χ1n) is 8.35. The number of hydrogen-bond acceptors (Lipinski definition) is 4. The van der Waals surface area contributed by atoms with Crippen LogP contribution in [-0.4, -0.2) is 71.2 Å². The summed E-state index contributed by atoms with van der Waals surface area (Å²) in [6.45, 7) is 5.74. The van der Waals surface area contributed by atoms with Crippen LogP contribution in [0, 0.1) is 0 Å². The van der Waals surface area contributed by atoms with Crippen LogP contribution in [0.15, 0.2) is 11.2 Å². The summed E-state index contributed by atoms with van der Waals surface area (Å²) >= 11 is 0. The lowest BCUT2D eigenvalue weighted by atomic mass is 10.1. The zero-order chi connectivity index (χ0) is 18.6. The number of hydrogen-bond donors (Lipinski definition) is 2. The second kappa shape index (κ2) is 8.00. The van der Waals surface area contributed by atoms with Gasteiger partial charge in [-0.2, -0.15) is 5.10 Å². The largest absolute Gasteiger partial charge is 0.354 e. The Kier molecular flexibility index (Phi) is 6.00. The van der Waals surface area contributed by atoms with E-state index in [0.29, 0.717) is 31.5 Å². The lowest BCUT2D eigenvalue weighted by Crippen LogP contribution is -2.43. The third-order valence-electron chi connectivity index (χ3n) is 4.02. The number of nitrogens with one attached hydrogen (secondary N) is 2. The van der Waals surface area contributed by atoms with Gasteiger partial charge in [0.1, 0.15) is 0 Å². The molecule has 2 heterocycles. The molecule has 0 bridgehead atoms. The number of guanidine groups is 1. The van der Waals surface area contributed by atoms with Crippen molar-refractivity contribution in [1.82, 2.24) is 30.2 Å². The second-order valence-electron chi connectivity index (χ2n) is 6.40. The van der Waals surface area contributed by atoms with E-state index < -0.39 is 0 Å². The Labute approximate surface area is 148 Å². The number of urea groups is 1. The van der Waals surface area contributed by atoms with Crippen LogP contribution in [0.5, 0.6) is 0 Å². The fourth-order valence-corrected chi connectivity index (χ4v) is 2.84. The van der Waals surface area contributed by atoms with Gasteiger partial charge in [0.05, 0.1) is 12.2 Å². The molecule has 9 heteroatoms. The van der Waals surface area contributed by atoms with E-state index in [-0.39, 0.29) is 18.5 Å². The molecule has 0 unspecified atom stereocenters. The molecule has 0 spiro atoms. The predicted molar refractivity (Wildman–Crippen MR) is 95.2 cm³/mol. The van der Waals surface area contributed by atoms with Gasteiger partial charge >= 0.3 is 6.03 Å². The summed E-state index contributed by atoms with van der Waals surface area (Å²) in [4.78, 5) is 30.6. The monoisotopic (exact) mass is 349 g/mol. The zero-order valence-corrected chi connectivity index (χ0v) is 15.5. The average molecular weight is 349 g/mol. The van der Waals surface area contributed by atoms with E-state index in [1.54, 1.807) is 7.05 Å². The van der Waals surface area contributed by atoms with Crippen LogP contribution in [0.4, 0.5) is 4.79 Å². The molecule has 25 heavy (non-hydrogen) atoms. The normalized spacial score (nSPS) is 15.1. The van der Waals surface area contributed by atoms with Gasteiger partial charge in [0.25, 0.3) is 0 Å². The molecule has 3 amide bonds. The molecule has 2 rings (SSSR count). The topological polar surface area (TPSA) is 94.9 Å². The van der Waals surface area contributed by atoms with Crippen LogP contribution >= 0.6 is 0 Å². The lowest BCUT2D eigenvalue weighted by molar-refractivity contribution is -0.124. The Bertz CT molecular complexity index is 649. The molecular weight excluding hydrogens is 322 g/mol. The van der Waals surface area contributed by atoms with Crippen molar-refractivity contribution in [2.24, 2.45) is 12.0 Å². The summed E-state index contributed by atoms with van der Waals surface area (Å²) in [6.07, 6.45) is 2.02. The van der Waals surface area contributed by atoms with E-state index in [2.05, 4.69) is 34.6 Å². The summed E-state index contributed by atoms with van der Waals surface area (Å²) in [7, 11) is 5.57. The highest BCUT2D eigenvalue weighted by Gasteiger charge is 2.27. The van der Waals surface area contributed by atoms with Crippen LogP contribution in [-0.2, 0) is 18.4 Å². The molecule has 1 fully saturated rings. The minimum Gasteiger partial charge on any atom is -0.354 e. The Morgan fingerprint density at radius 3 is 2.76 bits per heavy atom. The van der Waals surface area contributed by atoms with E-state index in [9.17, 15) is 9.59 Å². The Morgan fingerprint density at radius 1 is 1.48 bits per heavy atom. The Morgan fingerprint density at radius 2 is 2.20 bits per heavy atom. The fraction of sp³-hybridized carbons (Fsp3) is 0.625. The van der Waals surface area contributed by atoms with E-state index in [4.69, 9.17) is 0 Å². The highest BCUT2D eigenvalue weighted by atomic mass is 16.2. The third-order valence-corrected chi connectivity index (χ3v) is 4.02. The maximum absolute atomic E-state index is 11.6. The molecule has 2 N–H and O–H groups in total. The van der Waals surface area contributed by atoms with Gasteiger partial charge in [-0.1, -0.05) is 13.8 Å². The maximum atomic E-state index is 11.6. The minimum atomic E-state index is -0.341. The van der Waals surface area contributed by atoms with Crippen LogP contribution in [0.1, 0.15) is 31.0 Å². The van der Waals surface area contributed by atoms with Gasteiger partial charge in [-0.15, -0.1) is 0 Å². The smallest absolute Gasteiger partial charge is 0.324 e. The van der Waals surface area contributed by atoms with Gasteiger partial charge in [0.2, 0.25) is 5.91 Å². The van der Waals surface area contributed by atoms with Crippen LogP contribution < -0.4 is 10.6 Å². The number of imide groups is 1. The summed E-state index contributed by atoms with van der Waals surface area (Å²) in [6, 6.07) is -0.341. The first-order valence-corrected chi connectivity index (χ1v) is 8.35. The van der Waals surface area contributed by atoms with E-state index in [0.717, 1.165) is 11.3 Å². The van der Waals surface area contributed by atoms with Crippen LogP contribution in [0.3, 0.4) is 0 Å². The molecule has 1 aromatic rings. The number of aromatic nitrogens is 2. The number of aliphatic imine (C=N–C) groups is 1. The van der Waals surface area contributed by atoms with Gasteiger partial charge in [-0.05, 0) is 5.92 Å². The van der Waals surface area contributed by atoms with E-state index >= 15 is 0 Å². The molecule has 0 aromatic carbocycles. The van der Waals surface area contributed by atoms with Crippen LogP contribution in [0.25, 0.3) is 0 Å². The molecular formula is C16H27N7O2. The van der Waals surface area contributed by atoms with Crippen molar-refractivity contribution in [3.8, 4) is 0 Å². The number of amides is 3. The average Bonchev–Trinajstić information content (AvgIpc) is 3.07. The molecule has 1 aromatic heterocycles. The van der Waals surface area contributed by atoms with Gasteiger partial charge in [0, 0.05) is 52.5 Å². The standard InChI is InChI=1S/C16H27N7O2/c1-11(2)14-12(10-22(5)20-14)9-21(4)15(17-3)18-6-7-23-13(24)8-19-16(23)25/h10-11H,6-9H2,1-5H3,(H,17,18)(H,19,25). The quantitative estimate of drug-likeness (QED) is 0.432. The Balaban J connectivity index is 1.92. The number of carbonyl (C=O) groups excluding carboxylic acids is 2. The van der Waals surface area contributed by atoms with Crippen molar-refractivity contribution in [2.75, 3.05) is 33.7 Å². The zero-order valence-electron chi connectivity index (χ0n) is 15.5. The molecule has 0 atom stereocenters. The molecule has 0 aliphatic carbocycles. The van der Waals surface area contributed by atoms with Gasteiger partial charge in [-0.25, -0.2) is 4.79 Å². The van der Waals surface area contributed by atoms with Crippen molar-refractivity contribution in [3.63, 3.8) is 0 Å². The summed E-state index contributed by atoms with van der Waals surface area (Å²) < 4.78 is 1.83. The first-order chi connectivity index (χ1) is 11.8. The molecule has 1 saturated heterocycles. The van der Waals surface area contributed by atoms with Crippen molar-refractivity contribution in [1.29, 1.82) is 0 Å². The molecule has 9 nitrogen and oxygen atoms in total. The summed E-state index contributed by atoms with van der Waals surface area (Å²) in [5.74, 6) is 0.844. The maximum Gasteiger partial charge on any atom is 0.324 e. The number of nitrogens with zero attached hydrogens (tertiary/aromatic N) is 5.